The minimum absolute atomic E-state index is 0.0205. The second-order valence-electron chi connectivity index (χ2n) is 16.6. The number of nitro benzene ring substituents is 1. The highest BCUT2D eigenvalue weighted by Gasteiger charge is 2.65. The number of nitro groups is 1. The van der Waals surface area contributed by atoms with Crippen LogP contribution in [0.1, 0.15) is 68.9 Å². The Kier molecular flexibility index (Phi) is 16.9. The Hall–Kier alpha value is -5.74. The van der Waals surface area contributed by atoms with Gasteiger partial charge in [0.15, 0.2) is 0 Å². The molecule has 0 spiro atoms. The van der Waals surface area contributed by atoms with Crippen molar-refractivity contribution in [3.05, 3.63) is 148 Å². The molecule has 350 valence electrons. The van der Waals surface area contributed by atoms with Gasteiger partial charge in [-0.1, -0.05) is 60.5 Å². The number of allylic oxidation sites excluding steroid dienone is 1. The van der Waals surface area contributed by atoms with Crippen LogP contribution in [-0.4, -0.2) is 82.5 Å². The van der Waals surface area contributed by atoms with Crippen LogP contribution in [0.25, 0.3) is 0 Å². The van der Waals surface area contributed by atoms with E-state index in [1.807, 2.05) is 37.3 Å². The molecule has 1 amide bonds. The van der Waals surface area contributed by atoms with Gasteiger partial charge in [-0.15, -0.1) is 18.3 Å². The van der Waals surface area contributed by atoms with Gasteiger partial charge in [-0.05, 0) is 110 Å². The first-order valence-electron chi connectivity index (χ1n) is 22.7. The molecule has 0 saturated heterocycles. The number of non-ortho nitro benzene ring substituents is 1. The maximum Gasteiger partial charge on any atom is 0.416 e. The summed E-state index contributed by atoms with van der Waals surface area (Å²) in [6.45, 7) is 6.67. The van der Waals surface area contributed by atoms with Gasteiger partial charge in [0.05, 0.1) is 29.8 Å². The summed E-state index contributed by atoms with van der Waals surface area (Å²) in [6, 6.07) is 26.1. The molecular formula is C51H58FN3O10S. The van der Waals surface area contributed by atoms with Gasteiger partial charge in [-0.25, -0.2) is 9.18 Å². The van der Waals surface area contributed by atoms with Crippen molar-refractivity contribution in [2.45, 2.75) is 81.1 Å². The Balaban J connectivity index is 1.39. The van der Waals surface area contributed by atoms with E-state index >= 15 is 0 Å². The number of hydrogen-bond acceptors (Lipinski definition) is 12. The average molecular weight is 924 g/mol. The molecule has 15 heteroatoms. The van der Waals surface area contributed by atoms with Crippen LogP contribution >= 0.6 is 11.8 Å². The second kappa shape index (κ2) is 23.1. The largest absolute Gasteiger partial charge is 0.493 e. The zero-order chi connectivity index (χ0) is 46.5. The van der Waals surface area contributed by atoms with E-state index in [0.717, 1.165) is 47.5 Å². The maximum atomic E-state index is 14.9. The number of thioether (sulfide) groups is 1. The normalized spacial score (nSPS) is 22.3. The summed E-state index contributed by atoms with van der Waals surface area (Å²) in [5.74, 6) is -0.914. The lowest BCUT2D eigenvalue weighted by molar-refractivity contribution is -0.384. The molecule has 1 aliphatic heterocycles. The molecule has 0 aromatic heterocycles. The zero-order valence-electron chi connectivity index (χ0n) is 37.2. The molecule has 4 aromatic rings. The van der Waals surface area contributed by atoms with Crippen LogP contribution < -0.4 is 14.2 Å². The second-order valence-corrected chi connectivity index (χ2v) is 17.7. The van der Waals surface area contributed by atoms with Gasteiger partial charge in [0.1, 0.15) is 35.7 Å². The lowest BCUT2D eigenvalue weighted by atomic mass is 9.55. The van der Waals surface area contributed by atoms with Crippen LogP contribution in [0, 0.1) is 33.7 Å². The minimum atomic E-state index is -1.60. The predicted molar refractivity (Wildman–Crippen MR) is 250 cm³/mol. The van der Waals surface area contributed by atoms with Gasteiger partial charge in [0, 0.05) is 60.4 Å². The molecule has 2 aliphatic carbocycles. The Morgan fingerprint density at radius 1 is 1.00 bits per heavy atom. The monoisotopic (exact) mass is 923 g/mol. The number of unbranched alkanes of at least 4 members (excludes halogenated alkanes) is 2. The van der Waals surface area contributed by atoms with E-state index < -0.39 is 34.6 Å². The van der Waals surface area contributed by atoms with Crippen LogP contribution in [0.4, 0.5) is 14.9 Å². The molecule has 1 fully saturated rings. The van der Waals surface area contributed by atoms with E-state index in [4.69, 9.17) is 28.9 Å². The fourth-order valence-electron chi connectivity index (χ4n) is 9.60. The van der Waals surface area contributed by atoms with E-state index in [2.05, 4.69) is 30.9 Å². The zero-order valence-corrected chi connectivity index (χ0v) is 38.0. The molecule has 13 nitrogen and oxygen atoms in total. The molecule has 6 unspecified atom stereocenters. The summed E-state index contributed by atoms with van der Waals surface area (Å²) in [5.41, 5.74) is 2.80. The van der Waals surface area contributed by atoms with Gasteiger partial charge in [-0.3, -0.25) is 15.0 Å². The smallest absolute Gasteiger partial charge is 0.416 e. The standard InChI is InChI=1S/C51H58FN3O10S/c1-3-28-62-51-47(54(34-35-16-18-37(52)19-17-35)50(58)64-39-22-20-38(21-23-39)55(59)60)33-45(53-63-4-2)43-31-36(12-8-10-26-56)42(15-9-11-27-57)48(49(43)51)44-32-40(24-25-46(44)65-51)61-29-30-66-41-13-6-5-7-14-41/h3,5-7,13-14,16-25,31-32,36,42,47-49,56-57H,1,4,8-12,15,26-30,33-34H2,2H3. The lowest BCUT2D eigenvalue weighted by Crippen LogP contribution is -2.70. The van der Waals surface area contributed by atoms with Gasteiger partial charge in [0.25, 0.3) is 5.69 Å². The van der Waals surface area contributed by atoms with E-state index in [9.17, 15) is 29.5 Å². The Bertz CT molecular complexity index is 2310. The van der Waals surface area contributed by atoms with Crippen molar-refractivity contribution in [3.8, 4) is 17.2 Å². The SMILES string of the molecule is C=CCOC12Oc3ccc(OCCSc4ccccc4)cc3C3C(CCCCO)C(CCCCO)C=C(C(=NOCC)CC1N(Cc1ccc(F)cc1)C(=O)Oc1ccc([N+](=O)[O-])cc1)C32. The highest BCUT2D eigenvalue weighted by Crippen LogP contribution is 2.62. The molecule has 6 atom stereocenters. The average Bonchev–Trinajstić information content (AvgIpc) is 3.33. The molecule has 0 radical (unpaired) electrons. The first-order valence-corrected chi connectivity index (χ1v) is 23.7. The molecule has 1 heterocycles. The van der Waals surface area contributed by atoms with Gasteiger partial charge >= 0.3 is 6.09 Å². The lowest BCUT2D eigenvalue weighted by Gasteiger charge is -2.59. The quantitative estimate of drug-likeness (QED) is 0.0239. The molecule has 2 N–H and O–H groups in total. The number of aliphatic hydroxyl groups excluding tert-OH is 2. The number of benzene rings is 4. The molecule has 4 aromatic carbocycles. The van der Waals surface area contributed by atoms with E-state index in [-0.39, 0.29) is 68.6 Å². The number of hydrogen-bond donors (Lipinski definition) is 2. The molecule has 0 bridgehead atoms. The molecular weight excluding hydrogens is 866 g/mol. The fraction of sp³-hybridized carbons (Fsp3) is 0.412. The summed E-state index contributed by atoms with van der Waals surface area (Å²) in [5, 5.41) is 36.1. The van der Waals surface area contributed by atoms with Crippen molar-refractivity contribution < 1.29 is 48.1 Å². The topological polar surface area (TPSA) is 162 Å². The van der Waals surface area contributed by atoms with Crippen molar-refractivity contribution in [2.75, 3.05) is 38.8 Å². The van der Waals surface area contributed by atoms with Gasteiger partial charge in [-0.2, -0.15) is 0 Å². The predicted octanol–water partition coefficient (Wildman–Crippen LogP) is 10.3. The van der Waals surface area contributed by atoms with Crippen molar-refractivity contribution in [1.29, 1.82) is 0 Å². The third kappa shape index (κ3) is 11.3. The molecule has 7 rings (SSSR count). The minimum Gasteiger partial charge on any atom is -0.493 e. The molecule has 66 heavy (non-hydrogen) atoms. The van der Waals surface area contributed by atoms with Crippen LogP contribution in [0.5, 0.6) is 17.2 Å². The number of carbonyl (C=O) groups excluding carboxylic acids is 1. The van der Waals surface area contributed by atoms with Crippen molar-refractivity contribution in [3.63, 3.8) is 0 Å². The number of halogens is 1. The highest BCUT2D eigenvalue weighted by molar-refractivity contribution is 7.99. The Morgan fingerprint density at radius 2 is 1.73 bits per heavy atom. The van der Waals surface area contributed by atoms with Crippen LogP contribution in [0.3, 0.4) is 0 Å². The van der Waals surface area contributed by atoms with Gasteiger partial charge < -0.3 is 34.0 Å². The van der Waals surface area contributed by atoms with E-state index in [0.29, 0.717) is 42.2 Å². The summed E-state index contributed by atoms with van der Waals surface area (Å²) in [7, 11) is 0. The van der Waals surface area contributed by atoms with Crippen LogP contribution in [-0.2, 0) is 16.1 Å². The van der Waals surface area contributed by atoms with Crippen LogP contribution in [0.15, 0.2) is 131 Å². The molecule has 3 aliphatic rings. The number of fused-ring (bicyclic) bond motifs is 2. The summed E-state index contributed by atoms with van der Waals surface area (Å²) >= 11 is 1.71. The summed E-state index contributed by atoms with van der Waals surface area (Å²) < 4.78 is 41.2. The van der Waals surface area contributed by atoms with Crippen molar-refractivity contribution in [1.82, 2.24) is 4.90 Å². The first kappa shape index (κ1) is 48.2. The number of nitrogens with zero attached hydrogens (tertiary/aromatic N) is 3. The number of aliphatic hydroxyl groups is 2. The van der Waals surface area contributed by atoms with Gasteiger partial charge in [0.2, 0.25) is 5.79 Å². The Morgan fingerprint density at radius 3 is 2.42 bits per heavy atom. The highest BCUT2D eigenvalue weighted by atomic mass is 32.2. The molecule has 1 saturated carbocycles. The number of ether oxygens (including phenoxy) is 4. The van der Waals surface area contributed by atoms with Crippen molar-refractivity contribution >= 4 is 29.3 Å². The maximum absolute atomic E-state index is 14.9. The number of oxime groups is 1. The Labute approximate surface area is 389 Å². The van der Waals surface area contributed by atoms with Crippen LogP contribution in [0.2, 0.25) is 0 Å². The number of rotatable bonds is 23. The van der Waals surface area contributed by atoms with E-state index in [1.165, 1.54) is 41.3 Å². The third-order valence-electron chi connectivity index (χ3n) is 12.4. The summed E-state index contributed by atoms with van der Waals surface area (Å²) in [6.07, 6.45) is 7.49. The van der Waals surface area contributed by atoms with Crippen molar-refractivity contribution in [2.24, 2.45) is 22.9 Å². The number of amides is 1. The summed E-state index contributed by atoms with van der Waals surface area (Å²) in [4.78, 5) is 34.4. The van der Waals surface area contributed by atoms with E-state index in [1.54, 1.807) is 30.0 Å². The first-order chi connectivity index (χ1) is 32.2. The number of carbonyl (C=O) groups is 1. The fourth-order valence-corrected chi connectivity index (χ4v) is 10.4. The third-order valence-corrected chi connectivity index (χ3v) is 13.4.